The molecular weight excluding hydrogens is 222 g/mol. The Morgan fingerprint density at radius 1 is 1.33 bits per heavy atom. The Bertz CT molecular complexity index is 320. The first-order valence-corrected chi connectivity index (χ1v) is 7.48. The minimum atomic E-state index is -0.271. The summed E-state index contributed by atoms with van der Waals surface area (Å²) >= 11 is 0. The van der Waals surface area contributed by atoms with E-state index in [1.807, 2.05) is 7.05 Å². The highest BCUT2D eigenvalue weighted by molar-refractivity contribution is 5.11. The van der Waals surface area contributed by atoms with Gasteiger partial charge in [0, 0.05) is 12.1 Å². The molecule has 0 aromatic rings. The normalized spacial score (nSPS) is 37.9. The molecule has 0 aromatic heterocycles. The molecule has 0 amide bonds. The van der Waals surface area contributed by atoms with E-state index in [0.29, 0.717) is 6.04 Å². The van der Waals surface area contributed by atoms with Crippen molar-refractivity contribution in [1.82, 2.24) is 10.2 Å². The van der Waals surface area contributed by atoms with Gasteiger partial charge in [0.1, 0.15) is 5.54 Å². The molecule has 2 fully saturated rings. The largest absolute Gasteiger partial charge is 0.302 e. The molecule has 0 radical (unpaired) electrons. The molecule has 0 spiro atoms. The summed E-state index contributed by atoms with van der Waals surface area (Å²) in [5, 5.41) is 12.7. The Morgan fingerprint density at radius 2 is 2.11 bits per heavy atom. The van der Waals surface area contributed by atoms with Gasteiger partial charge in [-0.15, -0.1) is 0 Å². The summed E-state index contributed by atoms with van der Waals surface area (Å²) in [4.78, 5) is 2.70. The van der Waals surface area contributed by atoms with Crippen LogP contribution in [0.3, 0.4) is 0 Å². The fraction of sp³-hybridized carbons (Fsp3) is 0.933. The third-order valence-corrected chi connectivity index (χ3v) is 5.00. The Kier molecular flexibility index (Phi) is 4.29. The maximum atomic E-state index is 9.45. The van der Waals surface area contributed by atoms with Crippen molar-refractivity contribution in [1.29, 1.82) is 5.26 Å². The van der Waals surface area contributed by atoms with Crippen LogP contribution in [0.1, 0.15) is 52.4 Å². The highest BCUT2D eigenvalue weighted by atomic mass is 15.2. The summed E-state index contributed by atoms with van der Waals surface area (Å²) in [7, 11) is 1.94. The number of hydrogen-bond acceptors (Lipinski definition) is 3. The first-order chi connectivity index (χ1) is 8.62. The number of hydrogen-bond donors (Lipinski definition) is 1. The smallest absolute Gasteiger partial charge is 0.108 e. The highest BCUT2D eigenvalue weighted by Gasteiger charge is 2.41. The standard InChI is InChI=1S/C15H27N3/c1-12(2)14-7-5-9-18(14)13-6-4-8-15(10-13,11-16)17-3/h12-14,17H,4-10H2,1-3H3. The van der Waals surface area contributed by atoms with Crippen LogP contribution in [0.25, 0.3) is 0 Å². The highest BCUT2D eigenvalue weighted by Crippen LogP contribution is 2.35. The summed E-state index contributed by atoms with van der Waals surface area (Å²) in [5.74, 6) is 0.737. The lowest BCUT2D eigenvalue weighted by atomic mass is 9.79. The maximum absolute atomic E-state index is 9.45. The van der Waals surface area contributed by atoms with Gasteiger partial charge in [0.2, 0.25) is 0 Å². The van der Waals surface area contributed by atoms with Crippen LogP contribution in [-0.4, -0.2) is 36.1 Å². The monoisotopic (exact) mass is 249 g/mol. The maximum Gasteiger partial charge on any atom is 0.108 e. The second kappa shape index (κ2) is 5.59. The molecule has 1 aliphatic heterocycles. The van der Waals surface area contributed by atoms with Gasteiger partial charge in [-0.05, 0) is 58.0 Å². The molecule has 18 heavy (non-hydrogen) atoms. The summed E-state index contributed by atoms with van der Waals surface area (Å²) in [5.41, 5.74) is -0.271. The van der Waals surface area contributed by atoms with E-state index in [0.717, 1.165) is 24.8 Å². The average Bonchev–Trinajstić information content (AvgIpc) is 2.88. The number of likely N-dealkylation sites (tertiary alicyclic amines) is 1. The fourth-order valence-corrected chi connectivity index (χ4v) is 3.90. The van der Waals surface area contributed by atoms with Crippen molar-refractivity contribution in [3.05, 3.63) is 0 Å². The van der Waals surface area contributed by atoms with Crippen LogP contribution in [0.4, 0.5) is 0 Å². The van der Waals surface area contributed by atoms with E-state index in [2.05, 4.69) is 30.1 Å². The number of nitrogens with one attached hydrogen (secondary N) is 1. The van der Waals surface area contributed by atoms with Gasteiger partial charge >= 0.3 is 0 Å². The van der Waals surface area contributed by atoms with E-state index in [1.54, 1.807) is 0 Å². The van der Waals surface area contributed by atoms with Crippen molar-refractivity contribution < 1.29 is 0 Å². The van der Waals surface area contributed by atoms with Crippen molar-refractivity contribution >= 4 is 0 Å². The molecule has 0 aromatic carbocycles. The van der Waals surface area contributed by atoms with Crippen LogP contribution in [0.5, 0.6) is 0 Å². The van der Waals surface area contributed by atoms with E-state index in [4.69, 9.17) is 0 Å². The molecule has 3 nitrogen and oxygen atoms in total. The van der Waals surface area contributed by atoms with E-state index >= 15 is 0 Å². The summed E-state index contributed by atoms with van der Waals surface area (Å²) < 4.78 is 0. The SMILES string of the molecule is CNC1(C#N)CCCC(N2CCCC2C(C)C)C1. The minimum absolute atomic E-state index is 0.271. The molecule has 3 heteroatoms. The Labute approximate surface area is 112 Å². The van der Waals surface area contributed by atoms with Crippen LogP contribution in [0.2, 0.25) is 0 Å². The number of nitriles is 1. The second-order valence-corrected chi connectivity index (χ2v) is 6.39. The first-order valence-electron chi connectivity index (χ1n) is 7.48. The van der Waals surface area contributed by atoms with Gasteiger partial charge in [-0.2, -0.15) is 5.26 Å². The Balaban J connectivity index is 2.07. The van der Waals surface area contributed by atoms with Gasteiger partial charge in [-0.25, -0.2) is 0 Å². The van der Waals surface area contributed by atoms with E-state index in [1.165, 1.54) is 32.2 Å². The van der Waals surface area contributed by atoms with E-state index < -0.39 is 0 Å². The zero-order chi connectivity index (χ0) is 13.2. The average molecular weight is 249 g/mol. The third kappa shape index (κ3) is 2.55. The molecule has 0 bridgehead atoms. The molecule has 3 unspecified atom stereocenters. The Hall–Kier alpha value is -0.590. The number of rotatable bonds is 3. The van der Waals surface area contributed by atoms with Crippen molar-refractivity contribution in [3.63, 3.8) is 0 Å². The molecule has 2 rings (SSSR count). The van der Waals surface area contributed by atoms with Crippen molar-refractivity contribution in [2.45, 2.75) is 70.0 Å². The zero-order valence-corrected chi connectivity index (χ0v) is 12.1. The van der Waals surface area contributed by atoms with Gasteiger partial charge in [0.05, 0.1) is 6.07 Å². The molecule has 1 saturated heterocycles. The van der Waals surface area contributed by atoms with Crippen molar-refractivity contribution in [3.8, 4) is 6.07 Å². The number of nitrogens with zero attached hydrogens (tertiary/aromatic N) is 2. The third-order valence-electron chi connectivity index (χ3n) is 5.00. The quantitative estimate of drug-likeness (QED) is 0.835. The van der Waals surface area contributed by atoms with Crippen LogP contribution in [0, 0.1) is 17.2 Å². The van der Waals surface area contributed by atoms with Gasteiger partial charge in [-0.3, -0.25) is 4.90 Å². The van der Waals surface area contributed by atoms with Crippen molar-refractivity contribution in [2.75, 3.05) is 13.6 Å². The molecule has 1 N–H and O–H groups in total. The van der Waals surface area contributed by atoms with Crippen LogP contribution < -0.4 is 5.32 Å². The zero-order valence-electron chi connectivity index (χ0n) is 12.1. The Morgan fingerprint density at radius 3 is 2.72 bits per heavy atom. The van der Waals surface area contributed by atoms with Gasteiger partial charge in [-0.1, -0.05) is 13.8 Å². The van der Waals surface area contributed by atoms with E-state index in [-0.39, 0.29) is 5.54 Å². The molecular formula is C15H27N3. The predicted octanol–water partition coefficient (Wildman–Crippen LogP) is 2.53. The van der Waals surface area contributed by atoms with Gasteiger partial charge < -0.3 is 5.32 Å². The van der Waals surface area contributed by atoms with Gasteiger partial charge in [0.15, 0.2) is 0 Å². The van der Waals surface area contributed by atoms with Crippen molar-refractivity contribution in [2.24, 2.45) is 5.92 Å². The molecule has 2 aliphatic rings. The molecule has 1 saturated carbocycles. The molecule has 102 valence electrons. The fourth-order valence-electron chi connectivity index (χ4n) is 3.90. The van der Waals surface area contributed by atoms with Gasteiger partial charge in [0.25, 0.3) is 0 Å². The summed E-state index contributed by atoms with van der Waals surface area (Å²) in [6.45, 7) is 5.90. The first kappa shape index (κ1) is 13.8. The van der Waals surface area contributed by atoms with Crippen LogP contribution in [-0.2, 0) is 0 Å². The lowest BCUT2D eigenvalue weighted by Gasteiger charge is -2.42. The van der Waals surface area contributed by atoms with Crippen LogP contribution in [0.15, 0.2) is 0 Å². The van der Waals surface area contributed by atoms with Crippen LogP contribution >= 0.6 is 0 Å². The summed E-state index contributed by atoms with van der Waals surface area (Å²) in [6.07, 6.45) is 7.14. The topological polar surface area (TPSA) is 39.1 Å². The minimum Gasteiger partial charge on any atom is -0.302 e. The second-order valence-electron chi connectivity index (χ2n) is 6.39. The molecule has 3 atom stereocenters. The lowest BCUT2D eigenvalue weighted by molar-refractivity contribution is 0.0917. The van der Waals surface area contributed by atoms with E-state index in [9.17, 15) is 5.26 Å². The predicted molar refractivity (Wildman–Crippen MR) is 74.2 cm³/mol. The molecule has 1 aliphatic carbocycles. The summed E-state index contributed by atoms with van der Waals surface area (Å²) in [6, 6.07) is 3.88. The molecule has 1 heterocycles. The lowest BCUT2D eigenvalue weighted by Crippen LogP contribution is -2.53.